The Kier molecular flexibility index (Phi) is 5.29. The summed E-state index contributed by atoms with van der Waals surface area (Å²) in [5.74, 6) is 4.12. The molecule has 8 heavy (non-hydrogen) atoms. The van der Waals surface area contributed by atoms with Crippen molar-refractivity contribution in [2.75, 3.05) is 0 Å². The molecule has 3 nitrogen and oxygen atoms in total. The van der Waals surface area contributed by atoms with Gasteiger partial charge in [-0.3, -0.25) is 0 Å². The van der Waals surface area contributed by atoms with Gasteiger partial charge in [0.1, 0.15) is 0 Å². The molecule has 0 aliphatic heterocycles. The van der Waals surface area contributed by atoms with Gasteiger partial charge >= 0.3 is 6.36 Å². The van der Waals surface area contributed by atoms with E-state index in [1.54, 1.807) is 0 Å². The van der Waals surface area contributed by atoms with Crippen LogP contribution in [0.5, 0.6) is 0 Å². The van der Waals surface area contributed by atoms with E-state index in [2.05, 4.69) is 10.7 Å². The highest BCUT2D eigenvalue weighted by atomic mass is 35.5. The van der Waals surface area contributed by atoms with Gasteiger partial charge < -0.3 is 0 Å². The molecular formula is CH4ClF3N2O. The SMILES string of the molecule is Cl.NNOC(F)(F)F. The van der Waals surface area contributed by atoms with Crippen LogP contribution in [0.1, 0.15) is 0 Å². The normalized spacial score (nSPS) is 10.5. The largest absolute Gasteiger partial charge is 0.540 e. The molecule has 0 aliphatic carbocycles. The van der Waals surface area contributed by atoms with E-state index in [1.165, 1.54) is 0 Å². The third-order valence-electron chi connectivity index (χ3n) is 0.175. The Hall–Kier alpha value is -0.0400. The summed E-state index contributed by atoms with van der Waals surface area (Å²) in [5, 5.41) is 0. The number of hydrazine groups is 1. The fourth-order valence-corrected chi connectivity index (χ4v) is 0.0668. The lowest BCUT2D eigenvalue weighted by Crippen LogP contribution is -2.30. The first-order valence-corrected chi connectivity index (χ1v) is 1.26. The molecule has 0 aromatic rings. The molecule has 3 N–H and O–H groups in total. The van der Waals surface area contributed by atoms with Crippen molar-refractivity contribution in [3.8, 4) is 0 Å². The number of rotatable bonds is 1. The minimum atomic E-state index is -4.69. The van der Waals surface area contributed by atoms with Crippen LogP contribution in [0.25, 0.3) is 0 Å². The van der Waals surface area contributed by atoms with E-state index >= 15 is 0 Å². The fourth-order valence-electron chi connectivity index (χ4n) is 0.0668. The molecule has 0 unspecified atom stereocenters. The van der Waals surface area contributed by atoms with Gasteiger partial charge in [-0.1, -0.05) is 0 Å². The molecule has 0 amide bonds. The zero-order chi connectivity index (χ0) is 5.91. The summed E-state index contributed by atoms with van der Waals surface area (Å²) in [5.41, 5.74) is 0.983. The Balaban J connectivity index is 0. The van der Waals surface area contributed by atoms with E-state index < -0.39 is 6.36 Å². The Morgan fingerprint density at radius 1 is 1.38 bits per heavy atom. The predicted octanol–water partition coefficient (Wildman–Crippen LogP) is 0.323. The van der Waals surface area contributed by atoms with Crippen molar-refractivity contribution in [3.05, 3.63) is 0 Å². The summed E-state index contributed by atoms with van der Waals surface area (Å²) in [4.78, 5) is 2.76. The van der Waals surface area contributed by atoms with Crippen molar-refractivity contribution in [3.63, 3.8) is 0 Å². The number of nitrogens with two attached hydrogens (primary N) is 1. The van der Waals surface area contributed by atoms with Crippen molar-refractivity contribution < 1.29 is 18.0 Å². The molecule has 0 heterocycles. The Bertz CT molecular complexity index is 55.7. The topological polar surface area (TPSA) is 47.3 Å². The van der Waals surface area contributed by atoms with Gasteiger partial charge in [-0.15, -0.1) is 31.2 Å². The molecule has 0 aliphatic rings. The smallest absolute Gasteiger partial charge is 0.248 e. The maximum absolute atomic E-state index is 10.7. The molecule has 0 rings (SSSR count). The van der Waals surface area contributed by atoms with Crippen LogP contribution < -0.4 is 11.4 Å². The van der Waals surface area contributed by atoms with Gasteiger partial charge in [0.25, 0.3) is 0 Å². The van der Waals surface area contributed by atoms with Crippen LogP contribution in [-0.4, -0.2) is 6.36 Å². The number of halogens is 4. The lowest BCUT2D eigenvalue weighted by atomic mass is 11.4. The van der Waals surface area contributed by atoms with Gasteiger partial charge in [-0.25, -0.2) is 5.84 Å². The number of hydrogen-bond donors (Lipinski definition) is 2. The van der Waals surface area contributed by atoms with Crippen LogP contribution in [0.3, 0.4) is 0 Å². The van der Waals surface area contributed by atoms with Crippen molar-refractivity contribution in [2.45, 2.75) is 6.36 Å². The standard InChI is InChI=1S/CH3F3N2O.ClH/c2-1(3,4)7-6-5;/h6H,5H2;1H. The van der Waals surface area contributed by atoms with Crippen LogP contribution in [-0.2, 0) is 4.84 Å². The number of alkyl halides is 3. The van der Waals surface area contributed by atoms with E-state index in [1.807, 2.05) is 0 Å². The summed E-state index contributed by atoms with van der Waals surface area (Å²) < 4.78 is 32.1. The highest BCUT2D eigenvalue weighted by molar-refractivity contribution is 5.85. The first kappa shape index (κ1) is 10.9. The molecule has 0 saturated heterocycles. The van der Waals surface area contributed by atoms with E-state index in [9.17, 15) is 13.2 Å². The molecule has 0 atom stereocenters. The second-order valence-electron chi connectivity index (χ2n) is 0.666. The summed E-state index contributed by atoms with van der Waals surface area (Å²) >= 11 is 0. The minimum Gasteiger partial charge on any atom is -0.248 e. The van der Waals surface area contributed by atoms with Crippen molar-refractivity contribution in [1.82, 2.24) is 5.59 Å². The van der Waals surface area contributed by atoms with Crippen LogP contribution in [0, 0.1) is 0 Å². The average Bonchev–Trinajstić information content (AvgIpc) is 1.30. The van der Waals surface area contributed by atoms with Gasteiger partial charge in [0.15, 0.2) is 0 Å². The second-order valence-corrected chi connectivity index (χ2v) is 0.666. The van der Waals surface area contributed by atoms with Crippen molar-refractivity contribution in [1.29, 1.82) is 0 Å². The van der Waals surface area contributed by atoms with Crippen LogP contribution in [0.2, 0.25) is 0 Å². The monoisotopic (exact) mass is 152 g/mol. The predicted molar refractivity (Wildman–Crippen MR) is 21.7 cm³/mol. The lowest BCUT2D eigenvalue weighted by Gasteiger charge is -2.01. The zero-order valence-electron chi connectivity index (χ0n) is 3.53. The lowest BCUT2D eigenvalue weighted by molar-refractivity contribution is -0.351. The second kappa shape index (κ2) is 3.90. The molecule has 52 valence electrons. The number of hydrogen-bond acceptors (Lipinski definition) is 3. The van der Waals surface area contributed by atoms with Crippen molar-refractivity contribution >= 4 is 12.4 Å². The summed E-state index contributed by atoms with van der Waals surface area (Å²) in [6, 6.07) is 0. The van der Waals surface area contributed by atoms with E-state index in [0.717, 1.165) is 5.59 Å². The quantitative estimate of drug-likeness (QED) is 0.420. The van der Waals surface area contributed by atoms with Crippen LogP contribution in [0.15, 0.2) is 0 Å². The van der Waals surface area contributed by atoms with Crippen LogP contribution >= 0.6 is 12.4 Å². The van der Waals surface area contributed by atoms with Gasteiger partial charge in [0, 0.05) is 0 Å². The van der Waals surface area contributed by atoms with Gasteiger partial charge in [-0.05, 0) is 0 Å². The first-order valence-electron chi connectivity index (χ1n) is 1.26. The van der Waals surface area contributed by atoms with Gasteiger partial charge in [0.2, 0.25) is 0 Å². The highest BCUT2D eigenvalue weighted by Gasteiger charge is 2.28. The van der Waals surface area contributed by atoms with Gasteiger partial charge in [0.05, 0.1) is 0 Å². The average molecular weight is 153 g/mol. The fraction of sp³-hybridized carbons (Fsp3) is 1.00. The molecule has 0 aromatic heterocycles. The zero-order valence-corrected chi connectivity index (χ0v) is 4.34. The summed E-state index contributed by atoms with van der Waals surface area (Å²) in [6.07, 6.45) is -4.69. The van der Waals surface area contributed by atoms with Crippen LogP contribution in [0.4, 0.5) is 13.2 Å². The third-order valence-corrected chi connectivity index (χ3v) is 0.175. The third kappa shape index (κ3) is 9.35. The molecule has 0 saturated carbocycles. The molecule has 0 aromatic carbocycles. The number of nitrogens with one attached hydrogen (secondary N) is 1. The van der Waals surface area contributed by atoms with Gasteiger partial charge in [-0.2, -0.15) is 4.84 Å². The summed E-state index contributed by atoms with van der Waals surface area (Å²) in [6.45, 7) is 0. The van der Waals surface area contributed by atoms with E-state index in [-0.39, 0.29) is 12.4 Å². The Morgan fingerprint density at radius 3 is 1.75 bits per heavy atom. The molecule has 0 spiro atoms. The Morgan fingerprint density at radius 2 is 1.75 bits per heavy atom. The summed E-state index contributed by atoms with van der Waals surface area (Å²) in [7, 11) is 0. The van der Waals surface area contributed by atoms with Crippen molar-refractivity contribution in [2.24, 2.45) is 5.84 Å². The Labute approximate surface area is 49.3 Å². The van der Waals surface area contributed by atoms with E-state index in [4.69, 9.17) is 0 Å². The maximum Gasteiger partial charge on any atom is 0.540 e. The molecule has 0 fully saturated rings. The molecule has 0 radical (unpaired) electrons. The molecule has 7 heteroatoms. The molecular weight excluding hydrogens is 148 g/mol. The van der Waals surface area contributed by atoms with E-state index in [0.29, 0.717) is 0 Å². The maximum atomic E-state index is 10.7. The molecule has 0 bridgehead atoms. The highest BCUT2D eigenvalue weighted by Crippen LogP contribution is 2.12. The first-order chi connectivity index (χ1) is 3.06. The minimum absolute atomic E-state index is 0.